The Hall–Kier alpha value is -2.27. The highest BCUT2D eigenvalue weighted by molar-refractivity contribution is 8.01. The monoisotopic (exact) mass is 341 g/mol. The minimum absolute atomic E-state index is 0.0950. The number of methoxy groups -OCH3 is 1. The van der Waals surface area contributed by atoms with Gasteiger partial charge in [-0.1, -0.05) is 48.0 Å². The molecule has 0 radical (unpaired) electrons. The number of rotatable bonds is 4. The first-order valence-electron chi connectivity index (χ1n) is 7.73. The van der Waals surface area contributed by atoms with Crippen LogP contribution in [0.5, 0.6) is 0 Å². The Morgan fingerprint density at radius 3 is 2.46 bits per heavy atom. The van der Waals surface area contributed by atoms with Gasteiger partial charge in [-0.15, -0.1) is 11.8 Å². The van der Waals surface area contributed by atoms with E-state index in [2.05, 4.69) is 5.32 Å². The second-order valence-corrected chi connectivity index (χ2v) is 7.29. The third-order valence-corrected chi connectivity index (χ3v) is 5.60. The topological polar surface area (TPSA) is 55.4 Å². The number of esters is 1. The van der Waals surface area contributed by atoms with Gasteiger partial charge in [0.15, 0.2) is 4.75 Å². The van der Waals surface area contributed by atoms with Gasteiger partial charge in [0.1, 0.15) is 0 Å². The van der Waals surface area contributed by atoms with Gasteiger partial charge in [0.05, 0.1) is 19.6 Å². The molecule has 2 aromatic carbocycles. The van der Waals surface area contributed by atoms with Gasteiger partial charge < -0.3 is 10.1 Å². The summed E-state index contributed by atoms with van der Waals surface area (Å²) in [4.78, 5) is 25.8. The van der Waals surface area contributed by atoms with Crippen molar-refractivity contribution in [2.45, 2.75) is 29.0 Å². The molecule has 0 aromatic heterocycles. The Balaban J connectivity index is 2.04. The zero-order valence-electron chi connectivity index (χ0n) is 13.6. The van der Waals surface area contributed by atoms with Crippen LogP contribution in [-0.2, 0) is 14.3 Å². The molecule has 0 spiro atoms. The van der Waals surface area contributed by atoms with Crippen molar-refractivity contribution in [1.82, 2.24) is 5.32 Å². The molecule has 1 unspecified atom stereocenters. The molecule has 1 heterocycles. The van der Waals surface area contributed by atoms with E-state index >= 15 is 0 Å². The van der Waals surface area contributed by atoms with Gasteiger partial charge in [-0.2, -0.15) is 0 Å². The van der Waals surface area contributed by atoms with Crippen molar-refractivity contribution in [2.24, 2.45) is 0 Å². The maximum absolute atomic E-state index is 12.7. The van der Waals surface area contributed by atoms with Gasteiger partial charge >= 0.3 is 5.97 Å². The Morgan fingerprint density at radius 2 is 1.83 bits per heavy atom. The molecule has 1 N–H and O–H groups in total. The summed E-state index contributed by atoms with van der Waals surface area (Å²) in [6.07, 6.45) is 0.0950. The molecule has 3 rings (SSSR count). The van der Waals surface area contributed by atoms with Crippen LogP contribution >= 0.6 is 11.8 Å². The Morgan fingerprint density at radius 1 is 1.17 bits per heavy atom. The van der Waals surface area contributed by atoms with Gasteiger partial charge in [-0.05, 0) is 24.6 Å². The molecular formula is C19H19NO3S. The summed E-state index contributed by atoms with van der Waals surface area (Å²) < 4.78 is 4.07. The molecule has 0 saturated carbocycles. The maximum Gasteiger partial charge on any atom is 0.325 e. The molecule has 1 aliphatic heterocycles. The summed E-state index contributed by atoms with van der Waals surface area (Å²) in [5.74, 6) is -0.533. The average molecular weight is 341 g/mol. The van der Waals surface area contributed by atoms with Gasteiger partial charge in [0, 0.05) is 4.90 Å². The third-order valence-electron chi connectivity index (χ3n) is 4.18. The van der Waals surface area contributed by atoms with Crippen LogP contribution < -0.4 is 5.32 Å². The lowest BCUT2D eigenvalue weighted by Gasteiger charge is -2.31. The Bertz CT molecular complexity index is 745. The van der Waals surface area contributed by atoms with E-state index in [0.29, 0.717) is 0 Å². The van der Waals surface area contributed by atoms with E-state index in [9.17, 15) is 9.59 Å². The highest BCUT2D eigenvalue weighted by atomic mass is 32.2. The SMILES string of the molecule is COC(=O)[C@@]1(Sc2ccc(C)cc2)CC(=O)NC1c1ccccc1. The van der Waals surface area contributed by atoms with Crippen LogP contribution in [0.2, 0.25) is 0 Å². The first-order valence-corrected chi connectivity index (χ1v) is 8.55. The normalized spacial score (nSPS) is 22.9. The zero-order valence-corrected chi connectivity index (χ0v) is 14.4. The molecular weight excluding hydrogens is 322 g/mol. The zero-order chi connectivity index (χ0) is 17.2. The van der Waals surface area contributed by atoms with Crippen LogP contribution in [0.25, 0.3) is 0 Å². The van der Waals surface area contributed by atoms with Crippen molar-refractivity contribution < 1.29 is 14.3 Å². The van der Waals surface area contributed by atoms with E-state index in [1.54, 1.807) is 0 Å². The maximum atomic E-state index is 12.7. The summed E-state index contributed by atoms with van der Waals surface area (Å²) >= 11 is 1.39. The van der Waals surface area contributed by atoms with Gasteiger partial charge in [0.25, 0.3) is 0 Å². The van der Waals surface area contributed by atoms with Crippen molar-refractivity contribution in [2.75, 3.05) is 7.11 Å². The van der Waals surface area contributed by atoms with Crippen molar-refractivity contribution in [3.8, 4) is 0 Å². The van der Waals surface area contributed by atoms with Crippen molar-refractivity contribution in [3.05, 3.63) is 65.7 Å². The number of hydrogen-bond acceptors (Lipinski definition) is 4. The molecule has 0 bridgehead atoms. The number of hydrogen-bond donors (Lipinski definition) is 1. The van der Waals surface area contributed by atoms with Crippen molar-refractivity contribution >= 4 is 23.6 Å². The third kappa shape index (κ3) is 3.04. The Labute approximate surface area is 145 Å². The van der Waals surface area contributed by atoms with Crippen molar-refractivity contribution in [1.29, 1.82) is 0 Å². The van der Waals surface area contributed by atoms with E-state index in [1.165, 1.54) is 18.9 Å². The number of ether oxygens (including phenoxy) is 1. The van der Waals surface area contributed by atoms with E-state index < -0.39 is 10.8 Å². The van der Waals surface area contributed by atoms with Crippen LogP contribution in [-0.4, -0.2) is 23.7 Å². The first-order chi connectivity index (χ1) is 11.5. The van der Waals surface area contributed by atoms with Crippen LogP contribution in [0.3, 0.4) is 0 Å². The molecule has 124 valence electrons. The highest BCUT2D eigenvalue weighted by Crippen LogP contribution is 2.48. The number of nitrogens with one attached hydrogen (secondary N) is 1. The van der Waals surface area contributed by atoms with Crippen molar-refractivity contribution in [3.63, 3.8) is 0 Å². The fraction of sp³-hybridized carbons (Fsp3) is 0.263. The van der Waals surface area contributed by atoms with Crippen LogP contribution in [0.15, 0.2) is 59.5 Å². The standard InChI is InChI=1S/C19H19NO3S/c1-13-8-10-15(11-9-13)24-19(18(22)23-2)12-16(21)20-17(19)14-6-4-3-5-7-14/h3-11,17H,12H2,1-2H3,(H,20,21)/t17?,19-/m1/s1. The minimum Gasteiger partial charge on any atom is -0.468 e. The molecule has 4 nitrogen and oxygen atoms in total. The van der Waals surface area contributed by atoms with Crippen LogP contribution in [0.1, 0.15) is 23.6 Å². The number of amides is 1. The summed E-state index contributed by atoms with van der Waals surface area (Å²) in [5.41, 5.74) is 2.04. The molecule has 5 heteroatoms. The van der Waals surface area contributed by atoms with Gasteiger partial charge in [-0.3, -0.25) is 9.59 Å². The van der Waals surface area contributed by atoms with E-state index in [1.807, 2.05) is 61.5 Å². The fourth-order valence-electron chi connectivity index (χ4n) is 2.98. The highest BCUT2D eigenvalue weighted by Gasteiger charge is 2.55. The smallest absolute Gasteiger partial charge is 0.325 e. The predicted molar refractivity (Wildman–Crippen MR) is 93.7 cm³/mol. The van der Waals surface area contributed by atoms with Gasteiger partial charge in [-0.25, -0.2) is 0 Å². The number of carbonyl (C=O) groups is 2. The summed E-state index contributed by atoms with van der Waals surface area (Å²) in [7, 11) is 1.37. The summed E-state index contributed by atoms with van der Waals surface area (Å²) in [6.45, 7) is 2.01. The molecule has 1 fully saturated rings. The number of thioether (sulfide) groups is 1. The Kier molecular flexibility index (Phi) is 4.62. The molecule has 1 amide bonds. The van der Waals surface area contributed by atoms with Crippen LogP contribution in [0.4, 0.5) is 0 Å². The molecule has 0 aliphatic carbocycles. The summed E-state index contributed by atoms with van der Waals surface area (Å²) in [5, 5.41) is 2.95. The largest absolute Gasteiger partial charge is 0.468 e. The molecule has 2 aromatic rings. The van der Waals surface area contributed by atoms with E-state index in [4.69, 9.17) is 4.74 Å². The first kappa shape index (κ1) is 16.6. The predicted octanol–water partition coefficient (Wildman–Crippen LogP) is 3.26. The number of benzene rings is 2. The summed E-state index contributed by atoms with van der Waals surface area (Å²) in [6, 6.07) is 17.1. The van der Waals surface area contributed by atoms with E-state index in [-0.39, 0.29) is 18.3 Å². The van der Waals surface area contributed by atoms with Crippen LogP contribution in [0, 0.1) is 6.92 Å². The molecule has 2 atom stereocenters. The number of aryl methyl sites for hydroxylation is 1. The van der Waals surface area contributed by atoms with E-state index in [0.717, 1.165) is 16.0 Å². The molecule has 1 aliphatic rings. The lowest BCUT2D eigenvalue weighted by molar-refractivity contribution is -0.144. The number of carbonyl (C=O) groups excluding carboxylic acids is 2. The van der Waals surface area contributed by atoms with Gasteiger partial charge in [0.2, 0.25) is 5.91 Å². The lowest BCUT2D eigenvalue weighted by atomic mass is 9.93. The average Bonchev–Trinajstić information content (AvgIpc) is 2.94. The second kappa shape index (κ2) is 6.69. The lowest BCUT2D eigenvalue weighted by Crippen LogP contribution is -2.41. The minimum atomic E-state index is -1.01. The molecule has 24 heavy (non-hydrogen) atoms. The quantitative estimate of drug-likeness (QED) is 0.867. The second-order valence-electron chi connectivity index (χ2n) is 5.88. The fourth-order valence-corrected chi connectivity index (χ4v) is 4.36. The molecule has 1 saturated heterocycles.